The van der Waals surface area contributed by atoms with Crippen molar-refractivity contribution in [3.63, 3.8) is 0 Å². The lowest BCUT2D eigenvalue weighted by atomic mass is 9.81. The molecule has 2 heterocycles. The lowest BCUT2D eigenvalue weighted by Crippen LogP contribution is -2.47. The van der Waals surface area contributed by atoms with Gasteiger partial charge in [-0.25, -0.2) is 4.39 Å². The topological polar surface area (TPSA) is 76.5 Å². The van der Waals surface area contributed by atoms with Gasteiger partial charge in [-0.3, -0.25) is 4.90 Å². The molecule has 2 aromatic rings. The monoisotopic (exact) mass is 462 g/mol. The first kappa shape index (κ1) is 23.3. The Labute approximate surface area is 202 Å². The number of benzene rings is 2. The van der Waals surface area contributed by atoms with Crippen LogP contribution in [0.25, 0.3) is 11.1 Å². The predicted molar refractivity (Wildman–Crippen MR) is 133 cm³/mol. The number of rotatable bonds is 5. The largest absolute Gasteiger partial charge is 0.389 e. The fourth-order valence-corrected chi connectivity index (χ4v) is 6.21. The predicted octanol–water partition coefficient (Wildman–Crippen LogP) is 4.42. The summed E-state index contributed by atoms with van der Waals surface area (Å²) in [5.74, 6) is -0.281. The van der Waals surface area contributed by atoms with E-state index in [0.717, 1.165) is 62.3 Å². The Morgan fingerprint density at radius 2 is 1.94 bits per heavy atom. The molecule has 3 N–H and O–H groups in total. The van der Waals surface area contributed by atoms with E-state index in [1.807, 2.05) is 12.1 Å². The number of nitrogens with zero attached hydrogens (tertiary/aromatic N) is 3. The van der Waals surface area contributed by atoms with Gasteiger partial charge >= 0.3 is 0 Å². The number of hydrogen-bond acceptors (Lipinski definition) is 5. The summed E-state index contributed by atoms with van der Waals surface area (Å²) in [4.78, 5) is 4.80. The highest BCUT2D eigenvalue weighted by Gasteiger charge is 2.46. The summed E-state index contributed by atoms with van der Waals surface area (Å²) in [5.41, 5.74) is 9.92. The van der Waals surface area contributed by atoms with Crippen molar-refractivity contribution in [2.24, 2.45) is 11.7 Å². The molecule has 0 aromatic heterocycles. The Morgan fingerprint density at radius 1 is 1.18 bits per heavy atom. The molecule has 180 valence electrons. The summed E-state index contributed by atoms with van der Waals surface area (Å²) in [6.45, 7) is 7.42. The number of hydrogen-bond donors (Lipinski definition) is 2. The zero-order valence-electron chi connectivity index (χ0n) is 20.2. The third-order valence-electron chi connectivity index (χ3n) is 8.54. The average Bonchev–Trinajstić information content (AvgIpc) is 3.35. The molecular weight excluding hydrogens is 427 g/mol. The minimum atomic E-state index is -0.635. The fourth-order valence-electron chi connectivity index (χ4n) is 6.21. The molecule has 1 aliphatic carbocycles. The standard InChI is InChI=1S/C28H35FN4O/c1-19(2)28(34)9-11-32(12-10-28)26-6-3-20(17-33-18-27(31)8-7-23(33)15-27)13-24(26)21-4-5-22(16-30)25(29)14-21/h3-6,13-14,19,23,34H,7-12,15,17-18,31H2,1-2H3/t23-,27-/m0/s1. The van der Waals surface area contributed by atoms with Crippen LogP contribution in [0.15, 0.2) is 36.4 Å². The number of nitrogens with two attached hydrogens (primary N) is 1. The van der Waals surface area contributed by atoms with Crippen molar-refractivity contribution in [2.75, 3.05) is 24.5 Å². The number of halogens is 1. The van der Waals surface area contributed by atoms with E-state index >= 15 is 0 Å². The van der Waals surface area contributed by atoms with Gasteiger partial charge in [-0.15, -0.1) is 0 Å². The molecule has 1 saturated carbocycles. The second-order valence-corrected chi connectivity index (χ2v) is 11.1. The van der Waals surface area contributed by atoms with Crippen molar-refractivity contribution >= 4 is 5.69 Å². The molecule has 2 bridgehead atoms. The Bertz CT molecular complexity index is 1120. The van der Waals surface area contributed by atoms with E-state index in [2.05, 4.69) is 41.8 Å². The second kappa shape index (κ2) is 8.64. The molecule has 2 atom stereocenters. The van der Waals surface area contributed by atoms with Crippen LogP contribution in [0.2, 0.25) is 0 Å². The van der Waals surface area contributed by atoms with Gasteiger partial charge in [0.2, 0.25) is 0 Å². The molecule has 3 aliphatic rings. The number of fused-ring (bicyclic) bond motifs is 2. The molecule has 3 fully saturated rings. The lowest BCUT2D eigenvalue weighted by molar-refractivity contribution is -0.0261. The molecule has 0 amide bonds. The third kappa shape index (κ3) is 4.22. The van der Waals surface area contributed by atoms with E-state index in [4.69, 9.17) is 5.73 Å². The van der Waals surface area contributed by atoms with Crippen molar-refractivity contribution in [3.8, 4) is 17.2 Å². The van der Waals surface area contributed by atoms with Gasteiger partial charge in [0.15, 0.2) is 0 Å². The van der Waals surface area contributed by atoms with Crippen molar-refractivity contribution < 1.29 is 9.50 Å². The summed E-state index contributed by atoms with van der Waals surface area (Å²) >= 11 is 0. The number of aliphatic hydroxyl groups is 1. The lowest BCUT2D eigenvalue weighted by Gasteiger charge is -2.42. The smallest absolute Gasteiger partial charge is 0.141 e. The molecule has 5 rings (SSSR count). The summed E-state index contributed by atoms with van der Waals surface area (Å²) in [7, 11) is 0. The van der Waals surface area contributed by atoms with E-state index < -0.39 is 11.4 Å². The van der Waals surface area contributed by atoms with Crippen LogP contribution in [0, 0.1) is 23.1 Å². The van der Waals surface area contributed by atoms with Gasteiger partial charge in [0.25, 0.3) is 0 Å². The van der Waals surface area contributed by atoms with Gasteiger partial charge in [-0.2, -0.15) is 5.26 Å². The van der Waals surface area contributed by atoms with Crippen LogP contribution in [0.4, 0.5) is 10.1 Å². The molecular formula is C28H35FN4O. The number of likely N-dealkylation sites (tertiary alicyclic amines) is 1. The van der Waals surface area contributed by atoms with Gasteiger partial charge in [0, 0.05) is 49.0 Å². The first-order chi connectivity index (χ1) is 16.2. The second-order valence-electron chi connectivity index (χ2n) is 11.1. The van der Waals surface area contributed by atoms with E-state index in [-0.39, 0.29) is 17.0 Å². The van der Waals surface area contributed by atoms with E-state index in [1.165, 1.54) is 11.6 Å². The van der Waals surface area contributed by atoms with Crippen LogP contribution < -0.4 is 10.6 Å². The molecule has 2 saturated heterocycles. The van der Waals surface area contributed by atoms with E-state index in [9.17, 15) is 14.8 Å². The molecule has 0 unspecified atom stereocenters. The molecule has 0 radical (unpaired) electrons. The Balaban J connectivity index is 1.46. The van der Waals surface area contributed by atoms with Crippen LogP contribution in [-0.4, -0.2) is 46.8 Å². The molecule has 34 heavy (non-hydrogen) atoms. The summed E-state index contributed by atoms with van der Waals surface area (Å²) in [6.07, 6.45) is 4.77. The van der Waals surface area contributed by atoms with Gasteiger partial charge in [-0.1, -0.05) is 26.0 Å². The van der Waals surface area contributed by atoms with Crippen molar-refractivity contribution in [3.05, 3.63) is 53.3 Å². The first-order valence-corrected chi connectivity index (χ1v) is 12.5. The molecule has 5 nitrogen and oxygen atoms in total. The van der Waals surface area contributed by atoms with Crippen LogP contribution >= 0.6 is 0 Å². The van der Waals surface area contributed by atoms with E-state index in [0.29, 0.717) is 18.9 Å². The minimum absolute atomic E-state index is 0.0370. The van der Waals surface area contributed by atoms with Crippen LogP contribution in [0.1, 0.15) is 57.1 Å². The number of piperidine rings is 2. The van der Waals surface area contributed by atoms with Crippen molar-refractivity contribution in [1.82, 2.24) is 4.90 Å². The Hall–Kier alpha value is -2.46. The summed E-state index contributed by atoms with van der Waals surface area (Å²) in [6, 6.07) is 13.8. The SMILES string of the molecule is CC(C)C1(O)CCN(c2ccc(CN3C[C@]4(N)CC[C@H]3C4)cc2-c2ccc(C#N)c(F)c2)CC1. The van der Waals surface area contributed by atoms with Gasteiger partial charge in [-0.05, 0) is 73.4 Å². The normalized spacial score (nSPS) is 26.3. The Morgan fingerprint density at radius 3 is 2.53 bits per heavy atom. The maximum Gasteiger partial charge on any atom is 0.141 e. The maximum atomic E-state index is 14.6. The third-order valence-corrected chi connectivity index (χ3v) is 8.54. The van der Waals surface area contributed by atoms with Crippen LogP contribution in [-0.2, 0) is 6.54 Å². The molecule has 2 aliphatic heterocycles. The highest BCUT2D eigenvalue weighted by Crippen LogP contribution is 2.41. The van der Waals surface area contributed by atoms with Crippen molar-refractivity contribution in [1.29, 1.82) is 5.26 Å². The van der Waals surface area contributed by atoms with E-state index in [1.54, 1.807) is 6.07 Å². The zero-order chi connectivity index (χ0) is 24.1. The highest BCUT2D eigenvalue weighted by atomic mass is 19.1. The number of nitriles is 1. The average molecular weight is 463 g/mol. The fraction of sp³-hybridized carbons (Fsp3) is 0.536. The summed E-state index contributed by atoms with van der Waals surface area (Å²) in [5, 5.41) is 20.1. The quantitative estimate of drug-likeness (QED) is 0.688. The maximum absolute atomic E-state index is 14.6. The minimum Gasteiger partial charge on any atom is -0.389 e. The van der Waals surface area contributed by atoms with Crippen LogP contribution in [0.3, 0.4) is 0 Å². The molecule has 6 heteroatoms. The van der Waals surface area contributed by atoms with Crippen molar-refractivity contribution in [2.45, 2.75) is 69.7 Å². The van der Waals surface area contributed by atoms with Gasteiger partial charge < -0.3 is 15.7 Å². The Kier molecular flexibility index (Phi) is 5.92. The van der Waals surface area contributed by atoms with Gasteiger partial charge in [0.1, 0.15) is 11.9 Å². The van der Waals surface area contributed by atoms with Gasteiger partial charge in [0.05, 0.1) is 11.2 Å². The molecule has 0 spiro atoms. The first-order valence-electron chi connectivity index (χ1n) is 12.5. The summed E-state index contributed by atoms with van der Waals surface area (Å²) < 4.78 is 14.6. The van der Waals surface area contributed by atoms with Crippen LogP contribution in [0.5, 0.6) is 0 Å². The molecule has 2 aromatic carbocycles. The number of anilines is 1. The highest BCUT2D eigenvalue weighted by molar-refractivity contribution is 5.80. The zero-order valence-corrected chi connectivity index (χ0v) is 20.2.